The summed E-state index contributed by atoms with van der Waals surface area (Å²) in [6.07, 6.45) is 58.5. The van der Waals surface area contributed by atoms with Gasteiger partial charge in [0.1, 0.15) is 13.2 Å². The van der Waals surface area contributed by atoms with Crippen molar-refractivity contribution in [3.05, 3.63) is 36.5 Å². The molecule has 0 rings (SSSR count). The first-order chi connectivity index (χ1) is 30.0. The molecule has 0 amide bonds. The van der Waals surface area contributed by atoms with E-state index in [1.807, 2.05) is 0 Å². The molecule has 0 bridgehead atoms. The Bertz CT molecular complexity index is 1030. The van der Waals surface area contributed by atoms with Gasteiger partial charge in [-0.1, -0.05) is 237 Å². The van der Waals surface area contributed by atoms with Gasteiger partial charge in [-0.2, -0.15) is 0 Å². The third kappa shape index (κ3) is 48.5. The average molecular weight is 857 g/mol. The quantitative estimate of drug-likeness (QED) is 0.0262. The molecule has 61 heavy (non-hydrogen) atoms. The van der Waals surface area contributed by atoms with Crippen LogP contribution in [0.15, 0.2) is 36.5 Å². The number of rotatable bonds is 48. The molecule has 0 unspecified atom stereocenters. The van der Waals surface area contributed by atoms with Gasteiger partial charge in [0.15, 0.2) is 6.10 Å². The Hall–Kier alpha value is -2.37. The van der Waals surface area contributed by atoms with Gasteiger partial charge in [-0.3, -0.25) is 14.4 Å². The van der Waals surface area contributed by atoms with Gasteiger partial charge in [0.2, 0.25) is 0 Å². The Kier molecular flexibility index (Phi) is 48.3. The lowest BCUT2D eigenvalue weighted by molar-refractivity contribution is -0.167. The van der Waals surface area contributed by atoms with Crippen LogP contribution in [0.3, 0.4) is 0 Å². The summed E-state index contributed by atoms with van der Waals surface area (Å²) in [6, 6.07) is 0. The van der Waals surface area contributed by atoms with Crippen LogP contribution in [0.5, 0.6) is 0 Å². The summed E-state index contributed by atoms with van der Waals surface area (Å²) >= 11 is 0. The first kappa shape index (κ1) is 58.6. The molecule has 0 aliphatic heterocycles. The summed E-state index contributed by atoms with van der Waals surface area (Å²) in [4.78, 5) is 37.9. The predicted octanol–water partition coefficient (Wildman–Crippen LogP) is 17.3. The van der Waals surface area contributed by atoms with E-state index in [1.54, 1.807) is 0 Å². The highest BCUT2D eigenvalue weighted by Crippen LogP contribution is 2.16. The number of allylic oxidation sites excluding steroid dienone is 6. The van der Waals surface area contributed by atoms with Crippen molar-refractivity contribution >= 4 is 17.9 Å². The molecule has 6 nitrogen and oxygen atoms in total. The Balaban J connectivity index is 4.34. The standard InChI is InChI=1S/C55H100O6/c1-4-7-10-13-16-19-22-24-26-27-28-30-31-33-36-39-42-45-48-54(57)60-51-52(50-59-53(56)47-44-41-38-35-21-18-15-12-9-6-3)61-55(58)49-46-43-40-37-34-32-29-25-23-20-17-14-11-8-5-2/h17,20,25,29,34,37,52H,4-16,18-19,21-24,26-28,30-33,35-36,38-51H2,1-3H3/b20-17-,29-25-,37-34-/t52-/m1/s1. The highest BCUT2D eigenvalue weighted by atomic mass is 16.6. The molecule has 0 aromatic heterocycles. The SMILES string of the molecule is CCCCC/C=C\C/C=C\C/C=C\CCCCC(=O)O[C@H](COC(=O)CCCCCCCCCCCC)COC(=O)CCCCCCCCCCCCCCCCCCCC. The molecule has 0 aromatic carbocycles. The van der Waals surface area contributed by atoms with E-state index in [-0.39, 0.29) is 37.5 Å². The molecule has 0 aliphatic carbocycles. The van der Waals surface area contributed by atoms with Crippen molar-refractivity contribution in [2.45, 2.75) is 284 Å². The van der Waals surface area contributed by atoms with Gasteiger partial charge in [0.25, 0.3) is 0 Å². The van der Waals surface area contributed by atoms with Crippen molar-refractivity contribution in [3.63, 3.8) is 0 Å². The lowest BCUT2D eigenvalue weighted by Crippen LogP contribution is -2.30. The second kappa shape index (κ2) is 50.3. The first-order valence-corrected chi connectivity index (χ1v) is 26.5. The molecule has 0 aliphatic rings. The fraction of sp³-hybridized carbons (Fsp3) is 0.836. The highest BCUT2D eigenvalue weighted by Gasteiger charge is 2.19. The number of esters is 3. The molecule has 0 spiro atoms. The molecule has 0 radical (unpaired) electrons. The molecule has 1 atom stereocenters. The molecule has 0 N–H and O–H groups in total. The molecular formula is C55H100O6. The van der Waals surface area contributed by atoms with Gasteiger partial charge < -0.3 is 14.2 Å². The van der Waals surface area contributed by atoms with Crippen molar-refractivity contribution in [2.24, 2.45) is 0 Å². The summed E-state index contributed by atoms with van der Waals surface area (Å²) < 4.78 is 16.8. The number of ether oxygens (including phenoxy) is 3. The molecule has 6 heteroatoms. The van der Waals surface area contributed by atoms with E-state index in [1.165, 1.54) is 167 Å². The van der Waals surface area contributed by atoms with Crippen LogP contribution in [-0.2, 0) is 28.6 Å². The van der Waals surface area contributed by atoms with E-state index < -0.39 is 6.10 Å². The largest absolute Gasteiger partial charge is 0.462 e. The van der Waals surface area contributed by atoms with Crippen LogP contribution in [0.1, 0.15) is 278 Å². The zero-order valence-corrected chi connectivity index (χ0v) is 40.7. The average Bonchev–Trinajstić information content (AvgIpc) is 3.26. The Morgan fingerprint density at radius 2 is 0.590 bits per heavy atom. The number of carbonyl (C=O) groups excluding carboxylic acids is 3. The minimum absolute atomic E-state index is 0.0833. The van der Waals surface area contributed by atoms with Gasteiger partial charge in [-0.25, -0.2) is 0 Å². The summed E-state index contributed by atoms with van der Waals surface area (Å²) in [6.45, 7) is 6.59. The van der Waals surface area contributed by atoms with Gasteiger partial charge >= 0.3 is 17.9 Å². The van der Waals surface area contributed by atoms with Gasteiger partial charge in [0, 0.05) is 19.3 Å². The molecule has 0 saturated carbocycles. The van der Waals surface area contributed by atoms with Crippen molar-refractivity contribution in [1.29, 1.82) is 0 Å². The second-order valence-corrected chi connectivity index (χ2v) is 17.8. The van der Waals surface area contributed by atoms with Crippen molar-refractivity contribution in [2.75, 3.05) is 13.2 Å². The topological polar surface area (TPSA) is 78.9 Å². The summed E-state index contributed by atoms with van der Waals surface area (Å²) in [5.41, 5.74) is 0. The van der Waals surface area contributed by atoms with Crippen LogP contribution >= 0.6 is 0 Å². The number of carbonyl (C=O) groups is 3. The second-order valence-electron chi connectivity index (χ2n) is 17.8. The normalized spacial score (nSPS) is 12.2. The fourth-order valence-corrected chi connectivity index (χ4v) is 7.63. The molecule has 0 fully saturated rings. The predicted molar refractivity (Wildman–Crippen MR) is 261 cm³/mol. The Morgan fingerprint density at radius 3 is 0.951 bits per heavy atom. The van der Waals surface area contributed by atoms with E-state index in [4.69, 9.17) is 14.2 Å². The minimum Gasteiger partial charge on any atom is -0.462 e. The lowest BCUT2D eigenvalue weighted by Gasteiger charge is -2.18. The highest BCUT2D eigenvalue weighted by molar-refractivity contribution is 5.71. The van der Waals surface area contributed by atoms with Crippen LogP contribution in [0, 0.1) is 0 Å². The third-order valence-electron chi connectivity index (χ3n) is 11.6. The van der Waals surface area contributed by atoms with Crippen molar-refractivity contribution < 1.29 is 28.6 Å². The third-order valence-corrected chi connectivity index (χ3v) is 11.6. The Labute approximate surface area is 378 Å². The molecule has 356 valence electrons. The van der Waals surface area contributed by atoms with E-state index in [2.05, 4.69) is 57.2 Å². The van der Waals surface area contributed by atoms with Gasteiger partial charge in [0.05, 0.1) is 0 Å². The van der Waals surface area contributed by atoms with Crippen LogP contribution in [-0.4, -0.2) is 37.2 Å². The lowest BCUT2D eigenvalue weighted by atomic mass is 10.0. The minimum atomic E-state index is -0.786. The summed E-state index contributed by atoms with van der Waals surface area (Å²) in [5.74, 6) is -0.911. The number of unbranched alkanes of at least 4 members (excludes halogenated alkanes) is 31. The van der Waals surface area contributed by atoms with Crippen LogP contribution in [0.25, 0.3) is 0 Å². The van der Waals surface area contributed by atoms with E-state index in [9.17, 15) is 14.4 Å². The zero-order chi connectivity index (χ0) is 44.4. The van der Waals surface area contributed by atoms with Gasteiger partial charge in [-0.05, 0) is 57.8 Å². The smallest absolute Gasteiger partial charge is 0.306 e. The maximum atomic E-state index is 12.8. The maximum absolute atomic E-state index is 12.8. The molecule has 0 aromatic rings. The van der Waals surface area contributed by atoms with Crippen LogP contribution < -0.4 is 0 Å². The number of hydrogen-bond donors (Lipinski definition) is 0. The maximum Gasteiger partial charge on any atom is 0.306 e. The van der Waals surface area contributed by atoms with E-state index >= 15 is 0 Å². The van der Waals surface area contributed by atoms with Crippen molar-refractivity contribution in [1.82, 2.24) is 0 Å². The fourth-order valence-electron chi connectivity index (χ4n) is 7.63. The van der Waals surface area contributed by atoms with Crippen molar-refractivity contribution in [3.8, 4) is 0 Å². The van der Waals surface area contributed by atoms with E-state index in [0.29, 0.717) is 19.3 Å². The van der Waals surface area contributed by atoms with E-state index in [0.717, 1.165) is 64.2 Å². The molecule has 0 saturated heterocycles. The first-order valence-electron chi connectivity index (χ1n) is 26.5. The summed E-state index contributed by atoms with van der Waals surface area (Å²) in [7, 11) is 0. The monoisotopic (exact) mass is 857 g/mol. The number of hydrogen-bond acceptors (Lipinski definition) is 6. The van der Waals surface area contributed by atoms with Gasteiger partial charge in [-0.15, -0.1) is 0 Å². The van der Waals surface area contributed by atoms with Crippen LogP contribution in [0.4, 0.5) is 0 Å². The molecular weight excluding hydrogens is 757 g/mol. The van der Waals surface area contributed by atoms with Crippen LogP contribution in [0.2, 0.25) is 0 Å². The molecule has 0 heterocycles. The Morgan fingerprint density at radius 1 is 0.328 bits per heavy atom. The summed E-state index contributed by atoms with van der Waals surface area (Å²) in [5, 5.41) is 0. The zero-order valence-electron chi connectivity index (χ0n) is 40.7.